The number of carbonyl (C=O) groups excluding carboxylic acids is 2. The van der Waals surface area contributed by atoms with Gasteiger partial charge in [-0.25, -0.2) is 9.78 Å². The van der Waals surface area contributed by atoms with Crippen molar-refractivity contribution in [1.29, 1.82) is 0 Å². The molecule has 0 aliphatic carbocycles. The summed E-state index contributed by atoms with van der Waals surface area (Å²) in [6.45, 7) is 3.18. The van der Waals surface area contributed by atoms with Crippen molar-refractivity contribution in [3.8, 4) is 0 Å². The second-order valence-electron chi connectivity index (χ2n) is 6.51. The van der Waals surface area contributed by atoms with Gasteiger partial charge in [-0.3, -0.25) is 14.6 Å². The van der Waals surface area contributed by atoms with Gasteiger partial charge in [0.15, 0.2) is 0 Å². The predicted octanol–water partition coefficient (Wildman–Crippen LogP) is 1.26. The van der Waals surface area contributed by atoms with Gasteiger partial charge < -0.3 is 15.0 Å². The molecule has 2 heterocycles. The molecule has 142 valence electrons. The predicted molar refractivity (Wildman–Crippen MR) is 100 cm³/mol. The molecule has 0 saturated carbocycles. The van der Waals surface area contributed by atoms with Gasteiger partial charge in [0.05, 0.1) is 12.7 Å². The lowest BCUT2D eigenvalue weighted by Crippen LogP contribution is -2.45. The molecule has 27 heavy (non-hydrogen) atoms. The van der Waals surface area contributed by atoms with Crippen LogP contribution in [0.1, 0.15) is 39.3 Å². The Kier molecular flexibility index (Phi) is 5.54. The highest BCUT2D eigenvalue weighted by atomic mass is 16.5. The number of rotatable bonds is 4. The summed E-state index contributed by atoms with van der Waals surface area (Å²) in [6, 6.07) is 7.87. The molecule has 3 rings (SSSR count). The van der Waals surface area contributed by atoms with Crippen molar-refractivity contribution in [2.24, 2.45) is 0 Å². The van der Waals surface area contributed by atoms with Crippen LogP contribution in [0.25, 0.3) is 0 Å². The number of esters is 1. The van der Waals surface area contributed by atoms with Gasteiger partial charge in [-0.15, -0.1) is 0 Å². The maximum absolute atomic E-state index is 12.4. The molecule has 1 amide bonds. The molecule has 2 aromatic rings. The summed E-state index contributed by atoms with van der Waals surface area (Å²) < 4.78 is 4.65. The Labute approximate surface area is 156 Å². The summed E-state index contributed by atoms with van der Waals surface area (Å²) in [5, 5.41) is 3.02. The molecule has 1 fully saturated rings. The van der Waals surface area contributed by atoms with E-state index in [0.717, 1.165) is 12.8 Å². The average Bonchev–Trinajstić information content (AvgIpc) is 2.67. The van der Waals surface area contributed by atoms with Crippen LogP contribution in [0.2, 0.25) is 0 Å². The lowest BCUT2D eigenvalue weighted by atomic mass is 10.0. The van der Waals surface area contributed by atoms with Crippen LogP contribution in [0.5, 0.6) is 0 Å². The summed E-state index contributed by atoms with van der Waals surface area (Å²) in [5.74, 6) is -0.0349. The minimum atomic E-state index is -0.433. The first-order valence-electron chi connectivity index (χ1n) is 8.78. The molecule has 0 unspecified atom stereocenters. The number of piperidine rings is 1. The number of nitrogens with zero attached hydrogens (tertiary/aromatic N) is 2. The highest BCUT2D eigenvalue weighted by molar-refractivity contribution is 5.96. The SMILES string of the molecule is COC(=O)c1ccc(C(=O)NC2CCN(c3nc(C)cc(=O)[nH]3)CC2)cc1. The van der Waals surface area contributed by atoms with Gasteiger partial charge in [-0.1, -0.05) is 0 Å². The second-order valence-corrected chi connectivity index (χ2v) is 6.51. The first-order chi connectivity index (χ1) is 13.0. The van der Waals surface area contributed by atoms with Gasteiger partial charge in [0, 0.05) is 36.5 Å². The largest absolute Gasteiger partial charge is 0.465 e. The van der Waals surface area contributed by atoms with E-state index in [9.17, 15) is 14.4 Å². The zero-order chi connectivity index (χ0) is 19.4. The third-order valence-corrected chi connectivity index (χ3v) is 4.56. The third-order valence-electron chi connectivity index (χ3n) is 4.56. The fourth-order valence-electron chi connectivity index (χ4n) is 3.09. The summed E-state index contributed by atoms with van der Waals surface area (Å²) in [7, 11) is 1.32. The number of aromatic nitrogens is 2. The number of anilines is 1. The van der Waals surface area contributed by atoms with Gasteiger partial charge in [0.2, 0.25) is 5.95 Å². The Balaban J connectivity index is 1.56. The number of aryl methyl sites for hydroxylation is 1. The number of H-pyrrole nitrogens is 1. The Bertz CT molecular complexity index is 883. The zero-order valence-corrected chi connectivity index (χ0v) is 15.3. The van der Waals surface area contributed by atoms with Crippen LogP contribution in [-0.4, -0.2) is 48.1 Å². The number of ether oxygens (including phenoxy) is 1. The number of hydrogen-bond acceptors (Lipinski definition) is 6. The van der Waals surface area contributed by atoms with Crippen LogP contribution < -0.4 is 15.8 Å². The van der Waals surface area contributed by atoms with Gasteiger partial charge >= 0.3 is 5.97 Å². The van der Waals surface area contributed by atoms with E-state index in [0.29, 0.717) is 35.9 Å². The molecule has 0 spiro atoms. The molecular weight excluding hydrogens is 348 g/mol. The van der Waals surface area contributed by atoms with Crippen LogP contribution >= 0.6 is 0 Å². The fraction of sp³-hybridized carbons (Fsp3) is 0.368. The average molecular weight is 370 g/mol. The highest BCUT2D eigenvalue weighted by Crippen LogP contribution is 2.16. The van der Waals surface area contributed by atoms with Gasteiger partial charge in [0.25, 0.3) is 11.5 Å². The quantitative estimate of drug-likeness (QED) is 0.786. The Morgan fingerprint density at radius 1 is 1.19 bits per heavy atom. The van der Waals surface area contributed by atoms with E-state index in [-0.39, 0.29) is 17.5 Å². The number of methoxy groups -OCH3 is 1. The van der Waals surface area contributed by atoms with E-state index >= 15 is 0 Å². The fourth-order valence-corrected chi connectivity index (χ4v) is 3.09. The van der Waals surface area contributed by atoms with E-state index in [1.54, 1.807) is 31.2 Å². The zero-order valence-electron chi connectivity index (χ0n) is 15.3. The molecule has 8 nitrogen and oxygen atoms in total. The summed E-state index contributed by atoms with van der Waals surface area (Å²) in [5.41, 5.74) is 1.42. The smallest absolute Gasteiger partial charge is 0.337 e. The second kappa shape index (κ2) is 8.03. The minimum absolute atomic E-state index is 0.0468. The molecule has 0 bridgehead atoms. The Morgan fingerprint density at radius 3 is 2.41 bits per heavy atom. The lowest BCUT2D eigenvalue weighted by molar-refractivity contribution is 0.0600. The number of amides is 1. The van der Waals surface area contributed by atoms with E-state index in [4.69, 9.17) is 0 Å². The van der Waals surface area contributed by atoms with Crippen LogP contribution in [0.4, 0.5) is 5.95 Å². The van der Waals surface area contributed by atoms with Gasteiger partial charge in [-0.2, -0.15) is 0 Å². The molecular formula is C19H22N4O4. The molecule has 1 aliphatic rings. The van der Waals surface area contributed by atoms with Crippen molar-refractivity contribution in [2.45, 2.75) is 25.8 Å². The highest BCUT2D eigenvalue weighted by Gasteiger charge is 2.22. The van der Waals surface area contributed by atoms with E-state index in [1.807, 2.05) is 4.90 Å². The summed E-state index contributed by atoms with van der Waals surface area (Å²) >= 11 is 0. The maximum atomic E-state index is 12.4. The number of aromatic amines is 1. The van der Waals surface area contributed by atoms with Gasteiger partial charge in [0.1, 0.15) is 0 Å². The van der Waals surface area contributed by atoms with Gasteiger partial charge in [-0.05, 0) is 44.0 Å². The Morgan fingerprint density at radius 2 is 1.81 bits per heavy atom. The molecule has 2 N–H and O–H groups in total. The number of carbonyl (C=O) groups is 2. The first-order valence-corrected chi connectivity index (χ1v) is 8.78. The van der Waals surface area contributed by atoms with Crippen molar-refractivity contribution in [2.75, 3.05) is 25.1 Å². The van der Waals surface area contributed by atoms with E-state index in [1.165, 1.54) is 13.2 Å². The maximum Gasteiger partial charge on any atom is 0.337 e. The molecule has 1 saturated heterocycles. The molecule has 0 atom stereocenters. The molecule has 0 radical (unpaired) electrons. The topological polar surface area (TPSA) is 104 Å². The number of benzene rings is 1. The standard InChI is InChI=1S/C19H22N4O4/c1-12-11-16(24)22-19(20-12)23-9-7-15(8-10-23)21-17(25)13-3-5-14(6-4-13)18(26)27-2/h3-6,11,15H,7-10H2,1-2H3,(H,21,25)(H,20,22,24). The number of nitrogens with one attached hydrogen (secondary N) is 2. The summed E-state index contributed by atoms with van der Waals surface area (Å²) in [4.78, 5) is 44.6. The van der Waals surface area contributed by atoms with Crippen molar-refractivity contribution < 1.29 is 14.3 Å². The first kappa shape index (κ1) is 18.6. The normalized spacial score (nSPS) is 14.7. The lowest BCUT2D eigenvalue weighted by Gasteiger charge is -2.32. The van der Waals surface area contributed by atoms with E-state index in [2.05, 4.69) is 20.0 Å². The number of hydrogen-bond donors (Lipinski definition) is 2. The monoisotopic (exact) mass is 370 g/mol. The van der Waals surface area contributed by atoms with Crippen molar-refractivity contribution in [3.63, 3.8) is 0 Å². The van der Waals surface area contributed by atoms with Crippen molar-refractivity contribution in [3.05, 3.63) is 57.5 Å². The Hall–Kier alpha value is -3.16. The van der Waals surface area contributed by atoms with Crippen molar-refractivity contribution >= 4 is 17.8 Å². The summed E-state index contributed by atoms with van der Waals surface area (Å²) in [6.07, 6.45) is 1.51. The van der Waals surface area contributed by atoms with Crippen LogP contribution in [0.15, 0.2) is 35.1 Å². The molecule has 1 aromatic heterocycles. The van der Waals surface area contributed by atoms with Crippen LogP contribution in [-0.2, 0) is 4.74 Å². The van der Waals surface area contributed by atoms with E-state index < -0.39 is 5.97 Å². The van der Waals surface area contributed by atoms with Crippen LogP contribution in [0, 0.1) is 6.92 Å². The third kappa shape index (κ3) is 4.52. The molecule has 8 heteroatoms. The molecule has 1 aromatic carbocycles. The minimum Gasteiger partial charge on any atom is -0.465 e. The van der Waals surface area contributed by atoms with Crippen molar-refractivity contribution in [1.82, 2.24) is 15.3 Å². The van der Waals surface area contributed by atoms with Crippen LogP contribution in [0.3, 0.4) is 0 Å². The molecule has 1 aliphatic heterocycles.